The quantitative estimate of drug-likeness (QED) is 0.786. The smallest absolute Gasteiger partial charge is 0.244 e. The van der Waals surface area contributed by atoms with Crippen molar-refractivity contribution >= 4 is 15.9 Å². The fourth-order valence-electron chi connectivity index (χ4n) is 4.19. The van der Waals surface area contributed by atoms with Gasteiger partial charge in [-0.3, -0.25) is 14.8 Å². The zero-order valence-electron chi connectivity index (χ0n) is 15.6. The van der Waals surface area contributed by atoms with Gasteiger partial charge in [0.05, 0.1) is 6.04 Å². The molecule has 2 saturated heterocycles. The van der Waals surface area contributed by atoms with Gasteiger partial charge in [-0.15, -0.1) is 0 Å². The van der Waals surface area contributed by atoms with Crippen LogP contribution in [-0.2, 0) is 14.8 Å². The molecule has 7 nitrogen and oxygen atoms in total. The predicted molar refractivity (Wildman–Crippen MR) is 104 cm³/mol. The van der Waals surface area contributed by atoms with E-state index in [1.165, 1.54) is 10.5 Å². The molecule has 2 fully saturated rings. The Morgan fingerprint density at radius 1 is 0.964 bits per heavy atom. The summed E-state index contributed by atoms with van der Waals surface area (Å²) in [7, 11) is -3.54. The summed E-state index contributed by atoms with van der Waals surface area (Å²) in [5.41, 5.74) is 1.12. The standard InChI is InChI=1S/C20H24N4O3S/c25-20(24-12-2-4-19(24)16-5-10-21-11-6-16)17-7-13-23(14-8-17)28(26,27)18-3-1-9-22-15-18/h1,3,5-6,9-11,15,17,19H,2,4,7-8,12-14H2/t19-/m0/s1. The molecule has 8 heteroatoms. The number of carbonyl (C=O) groups is 1. The van der Waals surface area contributed by atoms with Crippen LogP contribution in [0.2, 0.25) is 0 Å². The topological polar surface area (TPSA) is 83.5 Å². The van der Waals surface area contributed by atoms with Crippen LogP contribution in [-0.4, -0.2) is 53.1 Å². The van der Waals surface area contributed by atoms with Crippen LogP contribution in [0.4, 0.5) is 0 Å². The summed E-state index contributed by atoms with van der Waals surface area (Å²) in [5.74, 6) is 0.0283. The third kappa shape index (κ3) is 3.66. The minimum atomic E-state index is -3.54. The highest BCUT2D eigenvalue weighted by Gasteiger charge is 2.37. The maximum Gasteiger partial charge on any atom is 0.244 e. The van der Waals surface area contributed by atoms with Gasteiger partial charge in [-0.05, 0) is 55.5 Å². The SMILES string of the molecule is O=C(C1CCN(S(=O)(=O)c2cccnc2)CC1)N1CCC[C@H]1c1ccncc1. The van der Waals surface area contributed by atoms with E-state index < -0.39 is 10.0 Å². The molecule has 0 spiro atoms. The first kappa shape index (κ1) is 19.0. The Kier molecular flexibility index (Phi) is 5.41. The minimum absolute atomic E-state index is 0.104. The average molecular weight is 401 g/mol. The summed E-state index contributed by atoms with van der Waals surface area (Å²) in [6.07, 6.45) is 9.51. The van der Waals surface area contributed by atoms with Crippen LogP contribution in [0.5, 0.6) is 0 Å². The highest BCUT2D eigenvalue weighted by Crippen LogP contribution is 2.34. The summed E-state index contributed by atoms with van der Waals surface area (Å²) in [6.45, 7) is 1.49. The first-order chi connectivity index (χ1) is 13.6. The molecule has 2 aromatic heterocycles. The van der Waals surface area contributed by atoms with Crippen LogP contribution in [0.3, 0.4) is 0 Å². The Morgan fingerprint density at radius 2 is 1.71 bits per heavy atom. The summed E-state index contributed by atoms with van der Waals surface area (Å²) in [6, 6.07) is 7.23. The Labute approximate surface area is 165 Å². The number of aromatic nitrogens is 2. The number of nitrogens with zero attached hydrogens (tertiary/aromatic N) is 4. The molecular weight excluding hydrogens is 376 g/mol. The third-order valence-corrected chi connectivity index (χ3v) is 7.58. The van der Waals surface area contributed by atoms with E-state index in [1.807, 2.05) is 17.0 Å². The number of amides is 1. The molecule has 2 aliphatic heterocycles. The fraction of sp³-hybridized carbons (Fsp3) is 0.450. The molecule has 2 aromatic rings. The molecule has 4 rings (SSSR count). The lowest BCUT2D eigenvalue weighted by Gasteiger charge is -2.34. The van der Waals surface area contributed by atoms with E-state index in [4.69, 9.17) is 0 Å². The normalized spacial score (nSPS) is 21.7. The largest absolute Gasteiger partial charge is 0.335 e. The number of hydrogen-bond acceptors (Lipinski definition) is 5. The average Bonchev–Trinajstić information content (AvgIpc) is 3.24. The Hall–Kier alpha value is -2.32. The van der Waals surface area contributed by atoms with Crippen molar-refractivity contribution in [3.63, 3.8) is 0 Å². The van der Waals surface area contributed by atoms with Gasteiger partial charge in [0.2, 0.25) is 15.9 Å². The number of sulfonamides is 1. The minimum Gasteiger partial charge on any atom is -0.335 e. The molecule has 0 aromatic carbocycles. The Morgan fingerprint density at radius 3 is 2.39 bits per heavy atom. The second kappa shape index (κ2) is 7.97. The van der Waals surface area contributed by atoms with E-state index in [2.05, 4.69) is 9.97 Å². The van der Waals surface area contributed by atoms with Gasteiger partial charge in [0.15, 0.2) is 0 Å². The van der Waals surface area contributed by atoms with Gasteiger partial charge < -0.3 is 4.90 Å². The lowest BCUT2D eigenvalue weighted by atomic mass is 9.95. The molecule has 0 radical (unpaired) electrons. The number of pyridine rings is 2. The van der Waals surface area contributed by atoms with E-state index in [1.54, 1.807) is 30.7 Å². The monoisotopic (exact) mass is 400 g/mol. The molecule has 28 heavy (non-hydrogen) atoms. The number of rotatable bonds is 4. The number of hydrogen-bond donors (Lipinski definition) is 0. The molecule has 0 unspecified atom stereocenters. The fourth-order valence-corrected chi connectivity index (χ4v) is 5.62. The maximum atomic E-state index is 13.1. The van der Waals surface area contributed by atoms with Gasteiger partial charge in [0.25, 0.3) is 0 Å². The first-order valence-corrected chi connectivity index (χ1v) is 11.1. The number of carbonyl (C=O) groups excluding carboxylic acids is 1. The van der Waals surface area contributed by atoms with Gasteiger partial charge in [-0.1, -0.05) is 0 Å². The van der Waals surface area contributed by atoms with Crippen molar-refractivity contribution in [3.8, 4) is 0 Å². The first-order valence-electron chi connectivity index (χ1n) is 9.68. The van der Waals surface area contributed by atoms with Gasteiger partial charge in [-0.2, -0.15) is 4.31 Å². The highest BCUT2D eigenvalue weighted by molar-refractivity contribution is 7.89. The molecule has 148 valence electrons. The van der Waals surface area contributed by atoms with E-state index in [0.717, 1.165) is 24.9 Å². The van der Waals surface area contributed by atoms with Gasteiger partial charge >= 0.3 is 0 Å². The molecule has 0 N–H and O–H groups in total. The van der Waals surface area contributed by atoms with Crippen molar-refractivity contribution in [2.24, 2.45) is 5.92 Å². The van der Waals surface area contributed by atoms with Crippen molar-refractivity contribution < 1.29 is 13.2 Å². The second-order valence-corrected chi connectivity index (χ2v) is 9.28. The molecular formula is C20H24N4O3S. The van der Waals surface area contributed by atoms with Crippen LogP contribution in [0.25, 0.3) is 0 Å². The number of likely N-dealkylation sites (tertiary alicyclic amines) is 1. The lowest BCUT2D eigenvalue weighted by Crippen LogP contribution is -2.44. The summed E-state index contributed by atoms with van der Waals surface area (Å²) in [5, 5.41) is 0. The van der Waals surface area contributed by atoms with Gasteiger partial charge in [0.1, 0.15) is 4.90 Å². The second-order valence-electron chi connectivity index (χ2n) is 7.34. The molecule has 0 bridgehead atoms. The van der Waals surface area contributed by atoms with Gasteiger partial charge in [0, 0.05) is 50.3 Å². The summed E-state index contributed by atoms with van der Waals surface area (Å²) < 4.78 is 27.0. The van der Waals surface area contributed by atoms with Crippen LogP contribution in [0.1, 0.15) is 37.3 Å². The maximum absolute atomic E-state index is 13.1. The van der Waals surface area contributed by atoms with Crippen LogP contribution < -0.4 is 0 Å². The Balaban J connectivity index is 1.42. The lowest BCUT2D eigenvalue weighted by molar-refractivity contribution is -0.137. The third-order valence-electron chi connectivity index (χ3n) is 5.70. The van der Waals surface area contributed by atoms with E-state index in [-0.39, 0.29) is 22.8 Å². The zero-order valence-corrected chi connectivity index (χ0v) is 16.5. The summed E-state index contributed by atoms with van der Waals surface area (Å²) in [4.78, 5) is 23.3. The molecule has 0 saturated carbocycles. The van der Waals surface area contributed by atoms with Crippen LogP contribution in [0.15, 0.2) is 53.9 Å². The zero-order chi connectivity index (χ0) is 19.6. The van der Waals surface area contributed by atoms with Gasteiger partial charge in [-0.25, -0.2) is 8.42 Å². The predicted octanol–water partition coefficient (Wildman–Crippen LogP) is 2.24. The number of piperidine rings is 1. The van der Waals surface area contributed by atoms with Crippen molar-refractivity contribution in [3.05, 3.63) is 54.6 Å². The van der Waals surface area contributed by atoms with Crippen LogP contribution in [0, 0.1) is 5.92 Å². The summed E-state index contributed by atoms with van der Waals surface area (Å²) >= 11 is 0. The van der Waals surface area contributed by atoms with E-state index >= 15 is 0 Å². The van der Waals surface area contributed by atoms with Crippen molar-refractivity contribution in [1.29, 1.82) is 0 Å². The molecule has 4 heterocycles. The van der Waals surface area contributed by atoms with Crippen molar-refractivity contribution in [1.82, 2.24) is 19.2 Å². The van der Waals surface area contributed by atoms with Crippen molar-refractivity contribution in [2.75, 3.05) is 19.6 Å². The van der Waals surface area contributed by atoms with E-state index in [9.17, 15) is 13.2 Å². The van der Waals surface area contributed by atoms with E-state index in [0.29, 0.717) is 25.9 Å². The molecule has 1 atom stereocenters. The van der Waals surface area contributed by atoms with Crippen molar-refractivity contribution in [2.45, 2.75) is 36.6 Å². The Bertz CT molecular complexity index is 913. The van der Waals surface area contributed by atoms with Crippen LogP contribution >= 0.6 is 0 Å². The molecule has 2 aliphatic rings. The molecule has 0 aliphatic carbocycles. The molecule has 1 amide bonds. The highest BCUT2D eigenvalue weighted by atomic mass is 32.2.